The molecule has 0 heterocycles. The Morgan fingerprint density at radius 3 is 2.59 bits per heavy atom. The number of hydrogen-bond acceptors (Lipinski definition) is 3. The third-order valence-corrected chi connectivity index (χ3v) is 3.89. The molecule has 0 radical (unpaired) electrons. The van der Waals surface area contributed by atoms with E-state index >= 15 is 0 Å². The molecular formula is C13H19ClN2O. The summed E-state index contributed by atoms with van der Waals surface area (Å²) in [5.41, 5.74) is 13.3. The second-order valence-corrected chi connectivity index (χ2v) is 5.27. The molecule has 0 amide bonds. The van der Waals surface area contributed by atoms with Crippen LogP contribution in [0.4, 0.5) is 5.69 Å². The van der Waals surface area contributed by atoms with Crippen LogP contribution in [0.15, 0.2) is 18.2 Å². The van der Waals surface area contributed by atoms with Crippen molar-refractivity contribution in [2.24, 2.45) is 11.7 Å². The number of aliphatic hydroxyl groups excluding tert-OH is 1. The molecule has 1 aromatic rings. The molecule has 1 saturated carbocycles. The Morgan fingerprint density at radius 2 is 1.94 bits per heavy atom. The molecule has 0 aliphatic heterocycles. The van der Waals surface area contributed by atoms with Crippen LogP contribution < -0.4 is 11.5 Å². The van der Waals surface area contributed by atoms with Gasteiger partial charge in [-0.3, -0.25) is 0 Å². The van der Waals surface area contributed by atoms with Gasteiger partial charge in [-0.05, 0) is 42.5 Å². The zero-order valence-electron chi connectivity index (χ0n) is 9.77. The van der Waals surface area contributed by atoms with Crippen LogP contribution >= 0.6 is 11.6 Å². The van der Waals surface area contributed by atoms with Crippen LogP contribution in [0.5, 0.6) is 0 Å². The van der Waals surface area contributed by atoms with Crippen LogP contribution in [-0.4, -0.2) is 11.2 Å². The second kappa shape index (κ2) is 5.25. The highest BCUT2D eigenvalue weighted by Gasteiger charge is 2.29. The molecular weight excluding hydrogens is 236 g/mol. The molecule has 4 heteroatoms. The molecule has 1 aliphatic carbocycles. The van der Waals surface area contributed by atoms with E-state index in [9.17, 15) is 5.11 Å². The lowest BCUT2D eigenvalue weighted by molar-refractivity contribution is 0.0847. The summed E-state index contributed by atoms with van der Waals surface area (Å²) in [6.07, 6.45) is 3.93. The number of halogens is 1. The quantitative estimate of drug-likeness (QED) is 0.726. The number of nitrogen functional groups attached to an aromatic ring is 1. The van der Waals surface area contributed by atoms with Gasteiger partial charge >= 0.3 is 0 Å². The molecule has 2 atom stereocenters. The lowest BCUT2D eigenvalue weighted by Gasteiger charge is -2.25. The van der Waals surface area contributed by atoms with E-state index in [4.69, 9.17) is 23.1 Å². The minimum absolute atomic E-state index is 0.295. The molecule has 1 aliphatic rings. The van der Waals surface area contributed by atoms with Gasteiger partial charge in [0.1, 0.15) is 0 Å². The van der Waals surface area contributed by atoms with Crippen molar-refractivity contribution in [2.45, 2.75) is 37.8 Å². The molecule has 1 fully saturated rings. The lowest BCUT2D eigenvalue weighted by Crippen LogP contribution is -2.32. The van der Waals surface area contributed by atoms with Crippen molar-refractivity contribution in [3.05, 3.63) is 28.8 Å². The van der Waals surface area contributed by atoms with E-state index in [1.807, 2.05) is 0 Å². The lowest BCUT2D eigenvalue weighted by atomic mass is 9.90. The number of anilines is 1. The van der Waals surface area contributed by atoms with E-state index < -0.39 is 12.1 Å². The Bertz CT molecular complexity index is 391. The molecule has 5 N–H and O–H groups in total. The van der Waals surface area contributed by atoms with Crippen LogP contribution in [0, 0.1) is 5.92 Å². The number of aliphatic hydroxyl groups is 1. The van der Waals surface area contributed by atoms with Crippen molar-refractivity contribution in [2.75, 3.05) is 5.73 Å². The Labute approximate surface area is 107 Å². The minimum Gasteiger partial charge on any atom is -0.398 e. The summed E-state index contributed by atoms with van der Waals surface area (Å²) >= 11 is 5.93. The molecule has 0 saturated heterocycles. The van der Waals surface area contributed by atoms with Gasteiger partial charge in [-0.15, -0.1) is 0 Å². The summed E-state index contributed by atoms with van der Waals surface area (Å²) in [7, 11) is 0. The van der Waals surface area contributed by atoms with E-state index in [0.717, 1.165) is 18.4 Å². The van der Waals surface area contributed by atoms with Crippen molar-refractivity contribution < 1.29 is 5.11 Å². The highest BCUT2D eigenvalue weighted by molar-refractivity contribution is 6.30. The Kier molecular flexibility index (Phi) is 3.92. The third-order valence-electron chi connectivity index (χ3n) is 3.66. The molecule has 94 valence electrons. The fourth-order valence-electron chi connectivity index (χ4n) is 2.61. The summed E-state index contributed by atoms with van der Waals surface area (Å²) in [5.74, 6) is 0.295. The van der Waals surface area contributed by atoms with Crippen LogP contribution in [0.25, 0.3) is 0 Å². The van der Waals surface area contributed by atoms with Gasteiger partial charge in [0, 0.05) is 10.7 Å². The van der Waals surface area contributed by atoms with Crippen molar-refractivity contribution >= 4 is 17.3 Å². The summed E-state index contributed by atoms with van der Waals surface area (Å²) in [6.45, 7) is 0. The maximum absolute atomic E-state index is 10.3. The highest BCUT2D eigenvalue weighted by atomic mass is 35.5. The molecule has 1 aromatic carbocycles. The standard InChI is InChI=1S/C13H19ClN2O/c14-9-5-6-11(15)10(7-9)12(16)13(17)8-3-1-2-4-8/h5-8,12-13,17H,1-4,15-16H2/t12-,13+/m0/s1. The number of nitrogens with two attached hydrogens (primary N) is 2. The molecule has 0 bridgehead atoms. The Balaban J connectivity index is 2.17. The number of rotatable bonds is 3. The predicted octanol–water partition coefficient (Wildman–Crippen LogP) is 2.47. The average Bonchev–Trinajstić information content (AvgIpc) is 2.84. The van der Waals surface area contributed by atoms with Gasteiger partial charge in [0.15, 0.2) is 0 Å². The maximum Gasteiger partial charge on any atom is 0.0761 e. The Morgan fingerprint density at radius 1 is 1.29 bits per heavy atom. The Hall–Kier alpha value is -0.770. The van der Waals surface area contributed by atoms with Crippen molar-refractivity contribution in [1.29, 1.82) is 0 Å². The smallest absolute Gasteiger partial charge is 0.0761 e. The van der Waals surface area contributed by atoms with Crippen LogP contribution in [0.2, 0.25) is 5.02 Å². The number of benzene rings is 1. The van der Waals surface area contributed by atoms with E-state index in [-0.39, 0.29) is 0 Å². The molecule has 17 heavy (non-hydrogen) atoms. The van der Waals surface area contributed by atoms with Crippen molar-refractivity contribution in [3.63, 3.8) is 0 Å². The third kappa shape index (κ3) is 2.73. The SMILES string of the molecule is Nc1ccc(Cl)cc1[C@H](N)[C@H](O)C1CCCC1. The first-order valence-corrected chi connectivity index (χ1v) is 6.46. The van der Waals surface area contributed by atoms with Gasteiger partial charge in [-0.2, -0.15) is 0 Å². The van der Waals surface area contributed by atoms with E-state index in [1.54, 1.807) is 18.2 Å². The fourth-order valence-corrected chi connectivity index (χ4v) is 2.79. The van der Waals surface area contributed by atoms with E-state index in [2.05, 4.69) is 0 Å². The van der Waals surface area contributed by atoms with Crippen molar-refractivity contribution in [3.8, 4) is 0 Å². The van der Waals surface area contributed by atoms with Crippen LogP contribution in [-0.2, 0) is 0 Å². The molecule has 3 nitrogen and oxygen atoms in total. The topological polar surface area (TPSA) is 72.3 Å². The van der Waals surface area contributed by atoms with Crippen molar-refractivity contribution in [1.82, 2.24) is 0 Å². The molecule has 0 aromatic heterocycles. The first-order valence-electron chi connectivity index (χ1n) is 6.08. The van der Waals surface area contributed by atoms with Gasteiger partial charge in [0.25, 0.3) is 0 Å². The van der Waals surface area contributed by atoms with Gasteiger partial charge in [0.2, 0.25) is 0 Å². The monoisotopic (exact) mass is 254 g/mol. The normalized spacial score (nSPS) is 20.4. The summed E-state index contributed by atoms with van der Waals surface area (Å²) in [5, 5.41) is 10.9. The van der Waals surface area contributed by atoms with E-state index in [1.165, 1.54) is 12.8 Å². The second-order valence-electron chi connectivity index (χ2n) is 4.83. The number of hydrogen-bond donors (Lipinski definition) is 3. The summed E-state index contributed by atoms with van der Waals surface area (Å²) < 4.78 is 0. The molecule has 0 unspecified atom stereocenters. The van der Waals surface area contributed by atoms with Gasteiger partial charge in [0.05, 0.1) is 12.1 Å². The average molecular weight is 255 g/mol. The van der Waals surface area contributed by atoms with E-state index in [0.29, 0.717) is 16.6 Å². The summed E-state index contributed by atoms with van der Waals surface area (Å²) in [4.78, 5) is 0. The maximum atomic E-state index is 10.3. The molecule has 2 rings (SSSR count). The van der Waals surface area contributed by atoms with Gasteiger partial charge in [-0.1, -0.05) is 24.4 Å². The summed E-state index contributed by atoms with van der Waals surface area (Å²) in [6, 6.07) is 4.77. The predicted molar refractivity (Wildman–Crippen MR) is 70.8 cm³/mol. The van der Waals surface area contributed by atoms with Gasteiger partial charge < -0.3 is 16.6 Å². The fraction of sp³-hybridized carbons (Fsp3) is 0.538. The largest absolute Gasteiger partial charge is 0.398 e. The molecule has 0 spiro atoms. The van der Waals surface area contributed by atoms with Crippen LogP contribution in [0.3, 0.4) is 0 Å². The van der Waals surface area contributed by atoms with Crippen LogP contribution in [0.1, 0.15) is 37.3 Å². The first-order chi connectivity index (χ1) is 8.09. The zero-order valence-corrected chi connectivity index (χ0v) is 10.5. The van der Waals surface area contributed by atoms with Gasteiger partial charge in [-0.25, -0.2) is 0 Å². The zero-order chi connectivity index (χ0) is 12.4. The first kappa shape index (κ1) is 12.7. The minimum atomic E-state index is -0.529. The highest BCUT2D eigenvalue weighted by Crippen LogP contribution is 2.34.